The number of carbonyl (C=O) groups excluding carboxylic acids is 2. The van der Waals surface area contributed by atoms with E-state index in [-0.39, 0.29) is 18.4 Å². The van der Waals surface area contributed by atoms with E-state index in [1.165, 1.54) is 17.5 Å². The van der Waals surface area contributed by atoms with Crippen LogP contribution >= 0.6 is 11.3 Å². The molecule has 0 spiro atoms. The van der Waals surface area contributed by atoms with Gasteiger partial charge in [0, 0.05) is 12.1 Å². The summed E-state index contributed by atoms with van der Waals surface area (Å²) in [5.74, 6) is 0.283. The number of ether oxygens (including phenoxy) is 1. The number of nitrogens with zero attached hydrogens (tertiary/aromatic N) is 2. The van der Waals surface area contributed by atoms with Crippen LogP contribution in [0.3, 0.4) is 0 Å². The summed E-state index contributed by atoms with van der Waals surface area (Å²) >= 11 is 1.28. The molecule has 1 aliphatic heterocycles. The van der Waals surface area contributed by atoms with E-state index >= 15 is 0 Å². The second-order valence-corrected chi connectivity index (χ2v) is 7.08. The van der Waals surface area contributed by atoms with E-state index in [0.717, 1.165) is 35.6 Å². The fourth-order valence-electron chi connectivity index (χ4n) is 3.16. The molecule has 2 N–H and O–H groups in total. The zero-order valence-corrected chi connectivity index (χ0v) is 14.9. The lowest BCUT2D eigenvalue weighted by Crippen LogP contribution is -2.39. The van der Waals surface area contributed by atoms with Crippen molar-refractivity contribution in [2.75, 3.05) is 13.7 Å². The number of nitrogens with two attached hydrogens (primary N) is 1. The molecule has 132 valence electrons. The second-order valence-electron chi connectivity index (χ2n) is 6.01. The Morgan fingerprint density at radius 2 is 2.16 bits per heavy atom. The van der Waals surface area contributed by atoms with E-state index in [4.69, 9.17) is 10.5 Å². The molecule has 0 bridgehead atoms. The number of primary amides is 1. The molecule has 6 nitrogen and oxygen atoms in total. The minimum absolute atomic E-state index is 0.0463. The van der Waals surface area contributed by atoms with Crippen LogP contribution in [0.5, 0.6) is 5.75 Å². The molecule has 7 heteroatoms. The third kappa shape index (κ3) is 3.82. The molecule has 0 radical (unpaired) electrons. The summed E-state index contributed by atoms with van der Waals surface area (Å²) < 4.78 is 5.34. The van der Waals surface area contributed by atoms with E-state index in [0.29, 0.717) is 11.4 Å². The van der Waals surface area contributed by atoms with Gasteiger partial charge in [0.2, 0.25) is 5.91 Å². The van der Waals surface area contributed by atoms with Crippen molar-refractivity contribution in [2.45, 2.75) is 31.7 Å². The van der Waals surface area contributed by atoms with Gasteiger partial charge in [0.05, 0.1) is 25.8 Å². The van der Waals surface area contributed by atoms with Crippen molar-refractivity contribution in [3.8, 4) is 5.75 Å². The zero-order valence-electron chi connectivity index (χ0n) is 14.1. The monoisotopic (exact) mass is 359 g/mol. The van der Waals surface area contributed by atoms with Crippen molar-refractivity contribution in [3.63, 3.8) is 0 Å². The van der Waals surface area contributed by atoms with Crippen molar-refractivity contribution in [1.82, 2.24) is 9.88 Å². The van der Waals surface area contributed by atoms with Gasteiger partial charge in [-0.25, -0.2) is 4.98 Å². The number of benzene rings is 1. The number of hydrogen-bond donors (Lipinski definition) is 1. The summed E-state index contributed by atoms with van der Waals surface area (Å²) in [4.78, 5) is 30.9. The van der Waals surface area contributed by atoms with Crippen molar-refractivity contribution in [3.05, 3.63) is 45.9 Å². The quantitative estimate of drug-likeness (QED) is 0.889. The Kier molecular flexibility index (Phi) is 5.33. The minimum atomic E-state index is -0.480. The van der Waals surface area contributed by atoms with Gasteiger partial charge in [-0.3, -0.25) is 9.59 Å². The fraction of sp³-hybridized carbons (Fsp3) is 0.389. The number of carbonyl (C=O) groups is 2. The third-order valence-corrected chi connectivity index (χ3v) is 5.52. The lowest BCUT2D eigenvalue weighted by molar-refractivity contribution is -0.134. The number of rotatable bonds is 5. The van der Waals surface area contributed by atoms with Gasteiger partial charge in [-0.2, -0.15) is 0 Å². The molecule has 2 heterocycles. The first-order valence-electron chi connectivity index (χ1n) is 8.27. The van der Waals surface area contributed by atoms with E-state index in [1.54, 1.807) is 7.11 Å². The number of thiazole rings is 1. The SMILES string of the molecule is COc1ccccc1CC(=O)N1CCCC[C@H]1c1ncc(C(N)=O)s1. The van der Waals surface area contributed by atoms with Crippen LogP contribution in [0.1, 0.15) is 45.5 Å². The summed E-state index contributed by atoms with van der Waals surface area (Å²) in [6.07, 6.45) is 4.65. The molecule has 0 saturated carbocycles. The van der Waals surface area contributed by atoms with Crippen molar-refractivity contribution in [1.29, 1.82) is 0 Å². The van der Waals surface area contributed by atoms with Crippen LogP contribution in [-0.4, -0.2) is 35.4 Å². The van der Waals surface area contributed by atoms with Crippen LogP contribution in [0.4, 0.5) is 0 Å². The Balaban J connectivity index is 1.80. The first-order chi connectivity index (χ1) is 12.1. The Hall–Kier alpha value is -2.41. The second kappa shape index (κ2) is 7.65. The van der Waals surface area contributed by atoms with E-state index < -0.39 is 5.91 Å². The summed E-state index contributed by atoms with van der Waals surface area (Å²) in [6, 6.07) is 7.46. The Bertz CT molecular complexity index is 774. The summed E-state index contributed by atoms with van der Waals surface area (Å²) in [6.45, 7) is 0.699. The number of para-hydroxylation sites is 1. The maximum absolute atomic E-state index is 12.9. The normalized spacial score (nSPS) is 17.3. The number of hydrogen-bond acceptors (Lipinski definition) is 5. The highest BCUT2D eigenvalue weighted by molar-refractivity contribution is 7.13. The van der Waals surface area contributed by atoms with E-state index in [9.17, 15) is 9.59 Å². The summed E-state index contributed by atoms with van der Waals surface area (Å²) in [5, 5.41) is 0.780. The van der Waals surface area contributed by atoms with Crippen LogP contribution < -0.4 is 10.5 Å². The standard InChI is InChI=1S/C18H21N3O3S/c1-24-14-8-3-2-6-12(14)10-16(22)21-9-5-4-7-13(21)18-20-11-15(25-18)17(19)23/h2-3,6,8,11,13H,4-5,7,9-10H2,1H3,(H2,19,23)/t13-/m0/s1. The predicted molar refractivity (Wildman–Crippen MR) is 95.6 cm³/mol. The highest BCUT2D eigenvalue weighted by atomic mass is 32.1. The smallest absolute Gasteiger partial charge is 0.260 e. The van der Waals surface area contributed by atoms with Gasteiger partial charge in [0.1, 0.15) is 15.6 Å². The number of piperidine rings is 1. The zero-order chi connectivity index (χ0) is 17.8. The van der Waals surface area contributed by atoms with Crippen LogP contribution in [0, 0.1) is 0 Å². The molecule has 2 aromatic rings. The van der Waals surface area contributed by atoms with Crippen LogP contribution in [0.15, 0.2) is 30.5 Å². The summed E-state index contributed by atoms with van der Waals surface area (Å²) in [7, 11) is 1.61. The predicted octanol–water partition coefficient (Wildman–Crippen LogP) is 2.55. The Labute approximate surface area is 150 Å². The molecule has 1 aliphatic rings. The van der Waals surface area contributed by atoms with Crippen LogP contribution in [0.2, 0.25) is 0 Å². The molecule has 1 aromatic heterocycles. The lowest BCUT2D eigenvalue weighted by Gasteiger charge is -2.34. The topological polar surface area (TPSA) is 85.5 Å². The van der Waals surface area contributed by atoms with Crippen molar-refractivity contribution in [2.24, 2.45) is 5.73 Å². The van der Waals surface area contributed by atoms with E-state index in [1.807, 2.05) is 29.2 Å². The molecule has 1 aromatic carbocycles. The van der Waals surface area contributed by atoms with Crippen molar-refractivity contribution >= 4 is 23.2 Å². The van der Waals surface area contributed by atoms with Gasteiger partial charge in [0.25, 0.3) is 5.91 Å². The molecule has 3 rings (SSSR count). The summed E-state index contributed by atoms with van der Waals surface area (Å²) in [5.41, 5.74) is 6.19. The van der Waals surface area contributed by atoms with Gasteiger partial charge in [-0.15, -0.1) is 11.3 Å². The fourth-order valence-corrected chi connectivity index (χ4v) is 4.07. The van der Waals surface area contributed by atoms with Crippen LogP contribution in [0.25, 0.3) is 0 Å². The van der Waals surface area contributed by atoms with Crippen molar-refractivity contribution < 1.29 is 14.3 Å². The largest absolute Gasteiger partial charge is 0.496 e. The molecule has 25 heavy (non-hydrogen) atoms. The minimum Gasteiger partial charge on any atom is -0.496 e. The maximum Gasteiger partial charge on any atom is 0.260 e. The van der Waals surface area contributed by atoms with E-state index in [2.05, 4.69) is 4.98 Å². The van der Waals surface area contributed by atoms with Crippen LogP contribution in [-0.2, 0) is 11.2 Å². The molecular formula is C18H21N3O3S. The van der Waals surface area contributed by atoms with Gasteiger partial charge in [-0.05, 0) is 25.3 Å². The highest BCUT2D eigenvalue weighted by Gasteiger charge is 2.30. The number of aromatic nitrogens is 1. The average molecular weight is 359 g/mol. The Morgan fingerprint density at radius 1 is 1.36 bits per heavy atom. The van der Waals surface area contributed by atoms with Gasteiger partial charge in [0.15, 0.2) is 0 Å². The van der Waals surface area contributed by atoms with Gasteiger partial charge < -0.3 is 15.4 Å². The first kappa shape index (κ1) is 17.4. The lowest BCUT2D eigenvalue weighted by atomic mass is 10.0. The molecule has 1 atom stereocenters. The first-order valence-corrected chi connectivity index (χ1v) is 9.08. The van der Waals surface area contributed by atoms with Gasteiger partial charge in [-0.1, -0.05) is 18.2 Å². The molecule has 0 unspecified atom stereocenters. The maximum atomic E-state index is 12.9. The number of likely N-dealkylation sites (tertiary alicyclic amines) is 1. The highest BCUT2D eigenvalue weighted by Crippen LogP contribution is 2.34. The molecule has 0 aliphatic carbocycles. The Morgan fingerprint density at radius 3 is 2.88 bits per heavy atom. The third-order valence-electron chi connectivity index (χ3n) is 4.41. The number of methoxy groups -OCH3 is 1. The van der Waals surface area contributed by atoms with Gasteiger partial charge >= 0.3 is 0 Å². The average Bonchev–Trinajstić information content (AvgIpc) is 3.12. The molecule has 1 fully saturated rings. The molecule has 1 saturated heterocycles. The molecule has 2 amide bonds. The molecular weight excluding hydrogens is 338 g/mol. The number of amides is 2.